The number of hydrogen-bond donors (Lipinski definition) is 1. The summed E-state index contributed by atoms with van der Waals surface area (Å²) in [5, 5.41) is 3.78. The van der Waals surface area contributed by atoms with E-state index in [2.05, 4.69) is 10.3 Å². The van der Waals surface area contributed by atoms with Crippen LogP contribution in [0.4, 0.5) is 10.1 Å². The molecule has 0 saturated heterocycles. The SMILES string of the molecule is O=C1CCc2cc(-c3ccc4ccc(F)cc4n3)ccc2N1. The Morgan fingerprint density at radius 2 is 1.86 bits per heavy atom. The summed E-state index contributed by atoms with van der Waals surface area (Å²) in [6, 6.07) is 14.4. The smallest absolute Gasteiger partial charge is 0.224 e. The highest BCUT2D eigenvalue weighted by atomic mass is 19.1. The first-order valence-electron chi connectivity index (χ1n) is 7.18. The van der Waals surface area contributed by atoms with Crippen LogP contribution in [0.5, 0.6) is 0 Å². The quantitative estimate of drug-likeness (QED) is 0.738. The summed E-state index contributed by atoms with van der Waals surface area (Å²) in [5.41, 5.74) is 4.40. The number of amides is 1. The van der Waals surface area contributed by atoms with Crippen molar-refractivity contribution in [1.82, 2.24) is 4.98 Å². The van der Waals surface area contributed by atoms with Crippen LogP contribution in [0.2, 0.25) is 0 Å². The summed E-state index contributed by atoms with van der Waals surface area (Å²) in [6.07, 6.45) is 1.24. The lowest BCUT2D eigenvalue weighted by Gasteiger charge is -2.17. The number of nitrogens with one attached hydrogen (secondary N) is 1. The summed E-state index contributed by atoms with van der Waals surface area (Å²) in [6.45, 7) is 0. The summed E-state index contributed by atoms with van der Waals surface area (Å²) in [5.74, 6) is -0.232. The van der Waals surface area contributed by atoms with Gasteiger partial charge in [0.15, 0.2) is 0 Å². The standard InChI is InChI=1S/C18H13FN2O/c19-14-5-1-11-2-6-15(20-17(11)10-14)12-3-7-16-13(9-12)4-8-18(22)21-16/h1-3,5-7,9-10H,4,8H2,(H,21,22). The Labute approximate surface area is 126 Å². The van der Waals surface area contributed by atoms with Crippen LogP contribution in [-0.4, -0.2) is 10.9 Å². The highest BCUT2D eigenvalue weighted by molar-refractivity contribution is 5.94. The highest BCUT2D eigenvalue weighted by Crippen LogP contribution is 2.28. The largest absolute Gasteiger partial charge is 0.326 e. The number of aryl methyl sites for hydroxylation is 1. The molecule has 0 radical (unpaired) electrons. The molecule has 1 aromatic heterocycles. The molecule has 2 heterocycles. The van der Waals surface area contributed by atoms with E-state index in [9.17, 15) is 9.18 Å². The van der Waals surface area contributed by atoms with Crippen molar-refractivity contribution in [3.63, 3.8) is 0 Å². The molecule has 3 nitrogen and oxygen atoms in total. The van der Waals surface area contributed by atoms with E-state index in [4.69, 9.17) is 0 Å². The van der Waals surface area contributed by atoms with E-state index in [1.165, 1.54) is 12.1 Å². The fourth-order valence-corrected chi connectivity index (χ4v) is 2.79. The van der Waals surface area contributed by atoms with Gasteiger partial charge in [-0.2, -0.15) is 0 Å². The van der Waals surface area contributed by atoms with Crippen LogP contribution in [-0.2, 0) is 11.2 Å². The number of nitrogens with zero attached hydrogens (tertiary/aromatic N) is 1. The van der Waals surface area contributed by atoms with Gasteiger partial charge in [0.1, 0.15) is 5.82 Å². The fraction of sp³-hybridized carbons (Fsp3) is 0.111. The number of benzene rings is 2. The van der Waals surface area contributed by atoms with E-state index in [1.54, 1.807) is 6.07 Å². The molecule has 0 bridgehead atoms. The molecule has 1 N–H and O–H groups in total. The number of aromatic nitrogens is 1. The van der Waals surface area contributed by atoms with Crippen LogP contribution in [0, 0.1) is 5.82 Å². The molecule has 3 aromatic rings. The van der Waals surface area contributed by atoms with Crippen LogP contribution in [0.3, 0.4) is 0 Å². The molecule has 1 amide bonds. The fourth-order valence-electron chi connectivity index (χ4n) is 2.79. The average molecular weight is 292 g/mol. The van der Waals surface area contributed by atoms with Crippen molar-refractivity contribution in [3.8, 4) is 11.3 Å². The van der Waals surface area contributed by atoms with Gasteiger partial charge in [0, 0.05) is 29.1 Å². The Hall–Kier alpha value is -2.75. The molecule has 1 aliphatic rings. The second-order valence-electron chi connectivity index (χ2n) is 5.45. The van der Waals surface area contributed by atoms with Crippen molar-refractivity contribution in [2.45, 2.75) is 12.8 Å². The maximum atomic E-state index is 13.4. The molecule has 22 heavy (non-hydrogen) atoms. The number of hydrogen-bond acceptors (Lipinski definition) is 2. The zero-order valence-electron chi connectivity index (χ0n) is 11.8. The molecule has 2 aromatic carbocycles. The molecular formula is C18H13FN2O. The molecule has 4 heteroatoms. The first-order valence-corrected chi connectivity index (χ1v) is 7.18. The van der Waals surface area contributed by atoms with Gasteiger partial charge in [-0.05, 0) is 42.3 Å². The molecular weight excluding hydrogens is 279 g/mol. The van der Waals surface area contributed by atoms with Crippen LogP contribution in [0.25, 0.3) is 22.2 Å². The number of halogens is 1. The van der Waals surface area contributed by atoms with Gasteiger partial charge in [-0.15, -0.1) is 0 Å². The lowest BCUT2D eigenvalue weighted by atomic mass is 9.99. The van der Waals surface area contributed by atoms with Gasteiger partial charge >= 0.3 is 0 Å². The van der Waals surface area contributed by atoms with Crippen molar-refractivity contribution in [2.24, 2.45) is 0 Å². The van der Waals surface area contributed by atoms with E-state index in [0.717, 1.165) is 34.3 Å². The van der Waals surface area contributed by atoms with E-state index < -0.39 is 0 Å². The number of rotatable bonds is 1. The lowest BCUT2D eigenvalue weighted by molar-refractivity contribution is -0.116. The Kier molecular flexibility index (Phi) is 2.89. The minimum absolute atomic E-state index is 0.0551. The zero-order valence-corrected chi connectivity index (χ0v) is 11.8. The number of pyridine rings is 1. The minimum Gasteiger partial charge on any atom is -0.326 e. The predicted molar refractivity (Wildman–Crippen MR) is 84.1 cm³/mol. The topological polar surface area (TPSA) is 42.0 Å². The average Bonchev–Trinajstić information content (AvgIpc) is 2.53. The molecule has 1 aliphatic heterocycles. The number of carbonyl (C=O) groups excluding carboxylic acids is 1. The molecule has 108 valence electrons. The summed E-state index contributed by atoms with van der Waals surface area (Å²) >= 11 is 0. The van der Waals surface area contributed by atoms with Gasteiger partial charge < -0.3 is 5.32 Å². The van der Waals surface area contributed by atoms with Crippen LogP contribution in [0.1, 0.15) is 12.0 Å². The van der Waals surface area contributed by atoms with Crippen LogP contribution in [0.15, 0.2) is 48.5 Å². The van der Waals surface area contributed by atoms with E-state index >= 15 is 0 Å². The maximum Gasteiger partial charge on any atom is 0.224 e. The van der Waals surface area contributed by atoms with E-state index in [1.807, 2.05) is 30.3 Å². The Bertz CT molecular complexity index is 905. The van der Waals surface area contributed by atoms with Crippen molar-refractivity contribution in [2.75, 3.05) is 5.32 Å². The van der Waals surface area contributed by atoms with Gasteiger partial charge in [-0.3, -0.25) is 4.79 Å². The Morgan fingerprint density at radius 1 is 1.00 bits per heavy atom. The van der Waals surface area contributed by atoms with Gasteiger partial charge in [-0.1, -0.05) is 12.1 Å². The molecule has 4 rings (SSSR count). The molecule has 0 fully saturated rings. The normalized spacial score (nSPS) is 13.8. The molecule has 0 saturated carbocycles. The number of anilines is 1. The van der Waals surface area contributed by atoms with Gasteiger partial charge in [0.25, 0.3) is 0 Å². The van der Waals surface area contributed by atoms with Crippen molar-refractivity contribution >= 4 is 22.5 Å². The molecule has 0 spiro atoms. The third-order valence-electron chi connectivity index (χ3n) is 3.95. The second kappa shape index (κ2) is 4.91. The summed E-state index contributed by atoms with van der Waals surface area (Å²) < 4.78 is 13.4. The number of carbonyl (C=O) groups is 1. The summed E-state index contributed by atoms with van der Waals surface area (Å²) in [7, 11) is 0. The second-order valence-corrected chi connectivity index (χ2v) is 5.45. The van der Waals surface area contributed by atoms with Gasteiger partial charge in [-0.25, -0.2) is 9.37 Å². The van der Waals surface area contributed by atoms with Crippen molar-refractivity contribution in [3.05, 3.63) is 59.9 Å². The zero-order chi connectivity index (χ0) is 15.1. The van der Waals surface area contributed by atoms with Crippen molar-refractivity contribution in [1.29, 1.82) is 0 Å². The van der Waals surface area contributed by atoms with Crippen LogP contribution < -0.4 is 5.32 Å². The number of fused-ring (bicyclic) bond motifs is 2. The van der Waals surface area contributed by atoms with E-state index in [0.29, 0.717) is 11.9 Å². The molecule has 0 unspecified atom stereocenters. The first-order chi connectivity index (χ1) is 10.7. The van der Waals surface area contributed by atoms with Gasteiger partial charge in [0.2, 0.25) is 5.91 Å². The Morgan fingerprint density at radius 3 is 2.77 bits per heavy atom. The van der Waals surface area contributed by atoms with E-state index in [-0.39, 0.29) is 11.7 Å². The monoisotopic (exact) mass is 292 g/mol. The van der Waals surface area contributed by atoms with Gasteiger partial charge in [0.05, 0.1) is 11.2 Å². The first kappa shape index (κ1) is 13.0. The third kappa shape index (κ3) is 2.22. The highest BCUT2D eigenvalue weighted by Gasteiger charge is 2.15. The summed E-state index contributed by atoms with van der Waals surface area (Å²) in [4.78, 5) is 15.9. The Balaban J connectivity index is 1.80. The predicted octanol–water partition coefficient (Wildman–Crippen LogP) is 3.93. The molecule has 0 aliphatic carbocycles. The minimum atomic E-state index is -0.287. The molecule has 0 atom stereocenters. The lowest BCUT2D eigenvalue weighted by Crippen LogP contribution is -2.18. The van der Waals surface area contributed by atoms with Crippen molar-refractivity contribution < 1.29 is 9.18 Å². The van der Waals surface area contributed by atoms with Crippen LogP contribution >= 0.6 is 0 Å². The third-order valence-corrected chi connectivity index (χ3v) is 3.95. The maximum absolute atomic E-state index is 13.4.